The van der Waals surface area contributed by atoms with Gasteiger partial charge < -0.3 is 20.4 Å². The minimum atomic E-state index is -0.664. The highest BCUT2D eigenvalue weighted by atomic mass is 35.5. The number of carbonyl (C=O) groups excluding carboxylic acids is 2. The molecule has 0 aromatic heterocycles. The highest BCUT2D eigenvalue weighted by Gasteiger charge is 2.27. The number of amides is 2. The van der Waals surface area contributed by atoms with Gasteiger partial charge in [0.2, 0.25) is 11.8 Å². The molecule has 2 aliphatic rings. The van der Waals surface area contributed by atoms with E-state index in [9.17, 15) is 19.2 Å². The molecule has 2 N–H and O–H groups in total. The zero-order chi connectivity index (χ0) is 25.8. The van der Waals surface area contributed by atoms with Gasteiger partial charge >= 0.3 is 0 Å². The predicted octanol–water partition coefficient (Wildman–Crippen LogP) is 3.09. The van der Waals surface area contributed by atoms with Crippen LogP contribution in [0.15, 0.2) is 30.3 Å². The quantitative estimate of drug-likeness (QED) is 0.618. The van der Waals surface area contributed by atoms with Gasteiger partial charge in [-0.3, -0.25) is 14.5 Å². The lowest BCUT2D eigenvalue weighted by molar-refractivity contribution is -0.131. The van der Waals surface area contributed by atoms with Gasteiger partial charge in [-0.2, -0.15) is 5.26 Å². The number of piperazine rings is 1. The Hall–Kier alpha value is -3.19. The molecule has 0 bridgehead atoms. The molecule has 2 aromatic carbocycles. The number of nitrogens with one attached hydrogen (secondary N) is 2. The Balaban J connectivity index is 1.40. The van der Waals surface area contributed by atoms with Gasteiger partial charge in [-0.1, -0.05) is 17.7 Å². The maximum absolute atomic E-state index is 14.7. The molecule has 2 heterocycles. The van der Waals surface area contributed by atoms with E-state index in [0.717, 1.165) is 43.4 Å². The van der Waals surface area contributed by atoms with Gasteiger partial charge in [0.25, 0.3) is 0 Å². The maximum atomic E-state index is 14.7. The first-order chi connectivity index (χ1) is 17.2. The van der Waals surface area contributed by atoms with Crippen molar-refractivity contribution in [1.82, 2.24) is 14.7 Å². The van der Waals surface area contributed by atoms with Crippen LogP contribution in [0.1, 0.15) is 29.7 Å². The monoisotopic (exact) mass is 512 g/mol. The van der Waals surface area contributed by atoms with E-state index >= 15 is 0 Å². The lowest BCUT2D eigenvalue weighted by Gasteiger charge is -2.35. The summed E-state index contributed by atoms with van der Waals surface area (Å²) in [7, 11) is 2.04. The number of hydrogen-bond acceptors (Lipinski definition) is 6. The number of benzene rings is 2. The van der Waals surface area contributed by atoms with E-state index in [4.69, 9.17) is 11.6 Å². The Morgan fingerprint density at radius 3 is 2.61 bits per heavy atom. The first-order valence-corrected chi connectivity index (χ1v) is 12.4. The van der Waals surface area contributed by atoms with Crippen molar-refractivity contribution in [2.24, 2.45) is 0 Å². The van der Waals surface area contributed by atoms with Crippen LogP contribution < -0.4 is 10.6 Å². The molecule has 1 atom stereocenters. The Morgan fingerprint density at radius 1 is 1.14 bits per heavy atom. The standard InChI is InChI=1S/C26H30ClFN6O2/c1-17-21-4-3-20(27)11-18(21)5-6-34(17)26(36)15-30-24-13-23(19(14-29)12-22(24)28)31-25(35)16-33-9-7-32(2)8-10-33/h3-4,11-13,17,30H,5-10,15-16H2,1-2H3,(H,31,35)/t17-/m0/s1. The van der Waals surface area contributed by atoms with Crippen LogP contribution in [0.4, 0.5) is 15.8 Å². The zero-order valence-electron chi connectivity index (χ0n) is 20.5. The highest BCUT2D eigenvalue weighted by Crippen LogP contribution is 2.31. The number of fused-ring (bicyclic) bond motifs is 1. The molecule has 190 valence electrons. The average Bonchev–Trinajstić information content (AvgIpc) is 2.85. The van der Waals surface area contributed by atoms with Crippen LogP contribution >= 0.6 is 11.6 Å². The maximum Gasteiger partial charge on any atom is 0.242 e. The summed E-state index contributed by atoms with van der Waals surface area (Å²) >= 11 is 6.10. The third kappa shape index (κ3) is 5.95. The number of rotatable bonds is 6. The Labute approximate surface area is 215 Å². The van der Waals surface area contributed by atoms with Crippen LogP contribution in [0, 0.1) is 17.1 Å². The van der Waals surface area contributed by atoms with Gasteiger partial charge in [0.15, 0.2) is 0 Å². The number of likely N-dealkylation sites (N-methyl/N-ethyl adjacent to an activating group) is 1. The molecular weight excluding hydrogens is 483 g/mol. The molecule has 8 nitrogen and oxygen atoms in total. The van der Waals surface area contributed by atoms with Crippen molar-refractivity contribution in [3.8, 4) is 6.07 Å². The molecule has 1 fully saturated rings. The number of anilines is 2. The summed E-state index contributed by atoms with van der Waals surface area (Å²) < 4.78 is 14.7. The van der Waals surface area contributed by atoms with Crippen LogP contribution in [0.2, 0.25) is 5.02 Å². The lowest BCUT2D eigenvalue weighted by Crippen LogP contribution is -2.47. The molecule has 2 aliphatic heterocycles. The van der Waals surface area contributed by atoms with Crippen molar-refractivity contribution in [2.75, 3.05) is 63.5 Å². The molecule has 0 spiro atoms. The Morgan fingerprint density at radius 2 is 1.89 bits per heavy atom. The summed E-state index contributed by atoms with van der Waals surface area (Å²) in [6.45, 7) is 5.88. The summed E-state index contributed by atoms with van der Waals surface area (Å²) in [5, 5.41) is 15.7. The van der Waals surface area contributed by atoms with Crippen LogP contribution in [0.5, 0.6) is 0 Å². The van der Waals surface area contributed by atoms with Crippen molar-refractivity contribution in [3.63, 3.8) is 0 Å². The normalized spacial score (nSPS) is 18.3. The molecule has 10 heteroatoms. The topological polar surface area (TPSA) is 91.7 Å². The van der Waals surface area contributed by atoms with Crippen LogP contribution in [0.3, 0.4) is 0 Å². The molecule has 0 unspecified atom stereocenters. The fourth-order valence-corrected chi connectivity index (χ4v) is 4.91. The minimum absolute atomic E-state index is 0.0241. The van der Waals surface area contributed by atoms with Crippen LogP contribution in [0.25, 0.3) is 0 Å². The molecule has 4 rings (SSSR count). The molecule has 2 aromatic rings. The molecule has 2 amide bonds. The summed E-state index contributed by atoms with van der Waals surface area (Å²) in [5.41, 5.74) is 2.46. The summed E-state index contributed by atoms with van der Waals surface area (Å²) in [6, 6.07) is 9.92. The van der Waals surface area contributed by atoms with E-state index in [2.05, 4.69) is 15.5 Å². The summed E-state index contributed by atoms with van der Waals surface area (Å²) in [5.74, 6) is -1.11. The van der Waals surface area contributed by atoms with E-state index in [0.29, 0.717) is 18.0 Å². The van der Waals surface area contributed by atoms with E-state index < -0.39 is 5.82 Å². The first kappa shape index (κ1) is 25.9. The van der Waals surface area contributed by atoms with E-state index in [1.165, 1.54) is 6.07 Å². The van der Waals surface area contributed by atoms with Crippen molar-refractivity contribution in [3.05, 3.63) is 57.9 Å². The highest BCUT2D eigenvalue weighted by molar-refractivity contribution is 6.30. The molecular formula is C26H30ClFN6O2. The minimum Gasteiger partial charge on any atom is -0.374 e. The Bertz CT molecular complexity index is 1190. The third-order valence-electron chi connectivity index (χ3n) is 6.86. The van der Waals surface area contributed by atoms with Crippen molar-refractivity contribution in [2.45, 2.75) is 19.4 Å². The number of nitrogens with zero attached hydrogens (tertiary/aromatic N) is 4. The second kappa shape index (κ2) is 11.2. The van der Waals surface area contributed by atoms with E-state index in [-0.39, 0.29) is 47.9 Å². The number of hydrogen-bond donors (Lipinski definition) is 2. The Kier molecular flexibility index (Phi) is 8.09. The van der Waals surface area contributed by atoms with Gasteiger partial charge in [-0.15, -0.1) is 0 Å². The largest absolute Gasteiger partial charge is 0.374 e. The first-order valence-electron chi connectivity index (χ1n) is 12.0. The second-order valence-electron chi connectivity index (χ2n) is 9.33. The van der Waals surface area contributed by atoms with Crippen molar-refractivity contribution in [1.29, 1.82) is 5.26 Å². The molecule has 0 radical (unpaired) electrons. The van der Waals surface area contributed by atoms with Gasteiger partial charge in [-0.25, -0.2) is 4.39 Å². The third-order valence-corrected chi connectivity index (χ3v) is 7.10. The van der Waals surface area contributed by atoms with E-state index in [1.807, 2.05) is 43.1 Å². The summed E-state index contributed by atoms with van der Waals surface area (Å²) in [4.78, 5) is 31.6. The number of nitriles is 1. The number of carbonyl (C=O) groups is 2. The van der Waals surface area contributed by atoms with Crippen LogP contribution in [-0.2, 0) is 16.0 Å². The van der Waals surface area contributed by atoms with Crippen molar-refractivity contribution < 1.29 is 14.0 Å². The fourth-order valence-electron chi connectivity index (χ4n) is 4.72. The second-order valence-corrected chi connectivity index (χ2v) is 9.76. The number of halogens is 2. The summed E-state index contributed by atoms with van der Waals surface area (Å²) in [6.07, 6.45) is 0.695. The molecule has 0 aliphatic carbocycles. The lowest BCUT2D eigenvalue weighted by atomic mass is 9.93. The van der Waals surface area contributed by atoms with Gasteiger partial charge in [0.05, 0.1) is 36.1 Å². The molecule has 36 heavy (non-hydrogen) atoms. The molecule has 0 saturated carbocycles. The SMILES string of the molecule is C[C@H]1c2ccc(Cl)cc2CCN1C(=O)CNc1cc(NC(=O)CN2CCN(C)CC2)c(C#N)cc1F. The van der Waals surface area contributed by atoms with Crippen molar-refractivity contribution >= 4 is 34.8 Å². The smallest absolute Gasteiger partial charge is 0.242 e. The van der Waals surface area contributed by atoms with E-state index in [1.54, 1.807) is 4.90 Å². The average molecular weight is 513 g/mol. The van der Waals surface area contributed by atoms with Gasteiger partial charge in [0.1, 0.15) is 11.9 Å². The van der Waals surface area contributed by atoms with Gasteiger partial charge in [0, 0.05) is 37.7 Å². The van der Waals surface area contributed by atoms with Gasteiger partial charge in [-0.05, 0) is 55.8 Å². The van der Waals surface area contributed by atoms with Crippen LogP contribution in [-0.4, -0.2) is 79.4 Å². The predicted molar refractivity (Wildman–Crippen MR) is 137 cm³/mol. The zero-order valence-corrected chi connectivity index (χ0v) is 21.2. The fraction of sp³-hybridized carbons (Fsp3) is 0.423. The molecule has 1 saturated heterocycles.